The zero-order chi connectivity index (χ0) is 19.6. The fourth-order valence-corrected chi connectivity index (χ4v) is 4.69. The van der Waals surface area contributed by atoms with Gasteiger partial charge in [-0.25, -0.2) is 0 Å². The minimum absolute atomic E-state index is 0.114. The molecule has 2 saturated heterocycles. The molecule has 1 aromatic carbocycles. The summed E-state index contributed by atoms with van der Waals surface area (Å²) in [7, 11) is 0. The molecule has 1 aromatic rings. The maximum atomic E-state index is 10.3. The van der Waals surface area contributed by atoms with Crippen LogP contribution in [0.1, 0.15) is 18.4 Å². The van der Waals surface area contributed by atoms with Crippen LogP contribution in [0.15, 0.2) is 24.3 Å². The molecule has 2 fully saturated rings. The van der Waals surface area contributed by atoms with Crippen LogP contribution >= 0.6 is 11.8 Å². The number of rotatable bonds is 10. The molecule has 0 aromatic heterocycles. The van der Waals surface area contributed by atoms with E-state index in [1.807, 2.05) is 30.0 Å². The van der Waals surface area contributed by atoms with Crippen molar-refractivity contribution < 1.29 is 14.9 Å². The summed E-state index contributed by atoms with van der Waals surface area (Å²) in [6.45, 7) is 7.76. The highest BCUT2D eigenvalue weighted by atomic mass is 32.2. The van der Waals surface area contributed by atoms with Crippen LogP contribution in [0.25, 0.3) is 0 Å². The molecule has 7 heteroatoms. The number of aliphatic hydroxyl groups is 2. The van der Waals surface area contributed by atoms with E-state index in [0.717, 1.165) is 81.5 Å². The molecular weight excluding hydrogens is 374 g/mol. The van der Waals surface area contributed by atoms with Gasteiger partial charge in [0, 0.05) is 69.4 Å². The van der Waals surface area contributed by atoms with E-state index in [9.17, 15) is 10.2 Å². The summed E-state index contributed by atoms with van der Waals surface area (Å²) in [5.41, 5.74) is 1.12. The fourth-order valence-electron chi connectivity index (χ4n) is 3.71. The summed E-state index contributed by atoms with van der Waals surface area (Å²) >= 11 is 1.98. The first-order valence-corrected chi connectivity index (χ1v) is 11.7. The van der Waals surface area contributed by atoms with E-state index in [4.69, 9.17) is 4.74 Å². The van der Waals surface area contributed by atoms with Crippen molar-refractivity contribution in [2.45, 2.75) is 31.6 Å². The summed E-state index contributed by atoms with van der Waals surface area (Å²) in [6.07, 6.45) is 1.20. The van der Waals surface area contributed by atoms with Crippen molar-refractivity contribution in [3.05, 3.63) is 29.8 Å². The molecule has 3 N–H and O–H groups in total. The van der Waals surface area contributed by atoms with Crippen molar-refractivity contribution >= 4 is 11.8 Å². The Hall–Kier alpha value is -0.830. The SMILES string of the molecule is OC1CCN(CCNCc2ccccc2OC[C@H](O)CN2CCSCC2)CC1. The van der Waals surface area contributed by atoms with Crippen LogP contribution in [0, 0.1) is 0 Å². The van der Waals surface area contributed by atoms with E-state index >= 15 is 0 Å². The number of ether oxygens (including phenoxy) is 1. The lowest BCUT2D eigenvalue weighted by Gasteiger charge is -2.29. The predicted octanol–water partition coefficient (Wildman–Crippen LogP) is 1.02. The quantitative estimate of drug-likeness (QED) is 0.499. The van der Waals surface area contributed by atoms with Gasteiger partial charge in [0.1, 0.15) is 18.5 Å². The average Bonchev–Trinajstić information content (AvgIpc) is 2.72. The Bertz CT molecular complexity index is 564. The summed E-state index contributed by atoms with van der Waals surface area (Å²) in [4.78, 5) is 4.72. The number of hydrogen-bond donors (Lipinski definition) is 3. The van der Waals surface area contributed by atoms with Crippen LogP contribution < -0.4 is 10.1 Å². The van der Waals surface area contributed by atoms with Crippen molar-refractivity contribution in [1.82, 2.24) is 15.1 Å². The standard InChI is InChI=1S/C21H35N3O3S/c25-19-5-8-23(9-6-19)10-7-22-15-18-3-1-2-4-21(18)27-17-20(26)16-24-11-13-28-14-12-24/h1-4,19-20,22,25-26H,5-17H2/t20-/m1/s1. The van der Waals surface area contributed by atoms with Gasteiger partial charge in [-0.15, -0.1) is 0 Å². The first-order valence-electron chi connectivity index (χ1n) is 10.5. The summed E-state index contributed by atoms with van der Waals surface area (Å²) < 4.78 is 5.94. The number of para-hydroxylation sites is 1. The van der Waals surface area contributed by atoms with Gasteiger partial charge < -0.3 is 25.2 Å². The van der Waals surface area contributed by atoms with Crippen LogP contribution in [-0.4, -0.2) is 96.1 Å². The normalized spacial score (nSPS) is 20.9. The number of hydrogen-bond acceptors (Lipinski definition) is 7. The lowest BCUT2D eigenvalue weighted by atomic mass is 10.1. The topological polar surface area (TPSA) is 68.2 Å². The highest BCUT2D eigenvalue weighted by Gasteiger charge is 2.17. The highest BCUT2D eigenvalue weighted by molar-refractivity contribution is 7.99. The number of benzene rings is 1. The smallest absolute Gasteiger partial charge is 0.123 e. The van der Waals surface area contributed by atoms with Gasteiger partial charge in [-0.3, -0.25) is 4.90 Å². The van der Waals surface area contributed by atoms with Crippen molar-refractivity contribution in [2.75, 3.05) is 63.9 Å². The van der Waals surface area contributed by atoms with Gasteiger partial charge in [-0.2, -0.15) is 11.8 Å². The Morgan fingerprint density at radius 1 is 1.11 bits per heavy atom. The Labute approximate surface area is 173 Å². The van der Waals surface area contributed by atoms with Crippen LogP contribution in [0.5, 0.6) is 5.75 Å². The van der Waals surface area contributed by atoms with Crippen molar-refractivity contribution in [3.8, 4) is 5.75 Å². The molecule has 3 rings (SSSR count). The molecule has 0 spiro atoms. The van der Waals surface area contributed by atoms with Crippen molar-refractivity contribution in [1.29, 1.82) is 0 Å². The highest BCUT2D eigenvalue weighted by Crippen LogP contribution is 2.18. The number of nitrogens with zero attached hydrogens (tertiary/aromatic N) is 2. The number of aliphatic hydroxyl groups excluding tert-OH is 2. The summed E-state index contributed by atoms with van der Waals surface area (Å²) in [5, 5.41) is 23.4. The number of nitrogens with one attached hydrogen (secondary N) is 1. The molecule has 0 amide bonds. The predicted molar refractivity (Wildman–Crippen MR) is 115 cm³/mol. The first-order chi connectivity index (χ1) is 13.7. The molecule has 0 unspecified atom stereocenters. The minimum Gasteiger partial charge on any atom is -0.491 e. The van der Waals surface area contributed by atoms with Crippen molar-refractivity contribution in [2.24, 2.45) is 0 Å². The van der Waals surface area contributed by atoms with Crippen LogP contribution in [-0.2, 0) is 6.54 Å². The van der Waals surface area contributed by atoms with E-state index in [1.54, 1.807) is 0 Å². The van der Waals surface area contributed by atoms with Gasteiger partial charge in [0.2, 0.25) is 0 Å². The van der Waals surface area contributed by atoms with E-state index in [1.165, 1.54) is 0 Å². The second-order valence-electron chi connectivity index (χ2n) is 7.74. The molecule has 6 nitrogen and oxygen atoms in total. The third-order valence-corrected chi connectivity index (χ3v) is 6.40. The molecule has 158 valence electrons. The lowest BCUT2D eigenvalue weighted by Crippen LogP contribution is -2.40. The molecule has 0 saturated carbocycles. The summed E-state index contributed by atoms with van der Waals surface area (Å²) in [5.74, 6) is 3.16. The lowest BCUT2D eigenvalue weighted by molar-refractivity contribution is 0.0711. The third-order valence-electron chi connectivity index (χ3n) is 5.45. The van der Waals surface area contributed by atoms with Gasteiger partial charge in [0.15, 0.2) is 0 Å². The van der Waals surface area contributed by atoms with Crippen LogP contribution in [0.4, 0.5) is 0 Å². The zero-order valence-electron chi connectivity index (χ0n) is 16.8. The molecule has 1 atom stereocenters. The van der Waals surface area contributed by atoms with Gasteiger partial charge in [0.25, 0.3) is 0 Å². The number of likely N-dealkylation sites (tertiary alicyclic amines) is 1. The molecule has 0 radical (unpaired) electrons. The Morgan fingerprint density at radius 3 is 2.64 bits per heavy atom. The molecule has 28 heavy (non-hydrogen) atoms. The van der Waals surface area contributed by atoms with Crippen LogP contribution in [0.3, 0.4) is 0 Å². The average molecular weight is 410 g/mol. The second-order valence-corrected chi connectivity index (χ2v) is 8.96. The Balaban J connectivity index is 1.36. The molecule has 2 aliphatic heterocycles. The van der Waals surface area contributed by atoms with E-state index in [2.05, 4.69) is 21.2 Å². The van der Waals surface area contributed by atoms with E-state index in [-0.39, 0.29) is 6.10 Å². The molecule has 0 bridgehead atoms. The molecule has 2 heterocycles. The number of β-amino-alcohol motifs (C(OH)–C–C–N with tert-alkyl or cyclic N) is 1. The van der Waals surface area contributed by atoms with E-state index < -0.39 is 6.10 Å². The molecular formula is C21H35N3O3S. The first kappa shape index (κ1) is 21.9. The van der Waals surface area contributed by atoms with Gasteiger partial charge >= 0.3 is 0 Å². The second kappa shape index (κ2) is 12.0. The van der Waals surface area contributed by atoms with Gasteiger partial charge in [-0.05, 0) is 18.9 Å². The van der Waals surface area contributed by atoms with E-state index in [0.29, 0.717) is 13.2 Å². The minimum atomic E-state index is -0.460. The van der Waals surface area contributed by atoms with Crippen LogP contribution in [0.2, 0.25) is 0 Å². The zero-order valence-corrected chi connectivity index (χ0v) is 17.6. The number of thioether (sulfide) groups is 1. The maximum Gasteiger partial charge on any atom is 0.123 e. The molecule has 0 aliphatic carbocycles. The largest absolute Gasteiger partial charge is 0.491 e. The Morgan fingerprint density at radius 2 is 1.86 bits per heavy atom. The fraction of sp³-hybridized carbons (Fsp3) is 0.714. The summed E-state index contributed by atoms with van der Waals surface area (Å²) in [6, 6.07) is 8.06. The Kier molecular flexibility index (Phi) is 9.37. The third kappa shape index (κ3) is 7.54. The monoisotopic (exact) mass is 409 g/mol. The van der Waals surface area contributed by atoms with Crippen molar-refractivity contribution in [3.63, 3.8) is 0 Å². The number of piperidine rings is 1. The van der Waals surface area contributed by atoms with Gasteiger partial charge in [-0.1, -0.05) is 18.2 Å². The molecule has 2 aliphatic rings. The maximum absolute atomic E-state index is 10.3. The van der Waals surface area contributed by atoms with Gasteiger partial charge in [0.05, 0.1) is 6.10 Å².